The lowest BCUT2D eigenvalue weighted by atomic mass is 9.97. The van der Waals surface area contributed by atoms with E-state index >= 15 is 0 Å². The lowest BCUT2D eigenvalue weighted by Crippen LogP contribution is -2.35. The van der Waals surface area contributed by atoms with Crippen molar-refractivity contribution in [1.29, 1.82) is 0 Å². The molecule has 0 unspecified atom stereocenters. The molecular formula is C19H26N4O4S. The molecule has 2 N–H and O–H groups in total. The number of rotatable bonds is 9. The number of thiophene rings is 1. The van der Waals surface area contributed by atoms with Crippen molar-refractivity contribution in [2.45, 2.75) is 45.1 Å². The van der Waals surface area contributed by atoms with Gasteiger partial charge in [0.2, 0.25) is 11.8 Å². The maximum absolute atomic E-state index is 12.8. The minimum Gasteiger partial charge on any atom is -0.385 e. The largest absolute Gasteiger partial charge is 0.385 e. The number of ether oxygens (including phenoxy) is 1. The highest BCUT2D eigenvalue weighted by atomic mass is 32.1. The maximum Gasteiger partial charge on any atom is 0.262 e. The van der Waals surface area contributed by atoms with E-state index in [1.807, 2.05) is 0 Å². The van der Waals surface area contributed by atoms with E-state index in [4.69, 9.17) is 4.74 Å². The molecule has 2 aromatic rings. The summed E-state index contributed by atoms with van der Waals surface area (Å²) in [7, 11) is 1.61. The molecule has 0 saturated carbocycles. The van der Waals surface area contributed by atoms with E-state index in [1.54, 1.807) is 18.4 Å². The Kier molecular flexibility index (Phi) is 7.16. The van der Waals surface area contributed by atoms with Crippen molar-refractivity contribution >= 4 is 33.4 Å². The first kappa shape index (κ1) is 20.5. The van der Waals surface area contributed by atoms with Crippen LogP contribution in [0.1, 0.15) is 36.1 Å². The lowest BCUT2D eigenvalue weighted by Gasteiger charge is -2.10. The van der Waals surface area contributed by atoms with E-state index in [0.717, 1.165) is 42.5 Å². The number of hydrogen-bond donors (Lipinski definition) is 2. The molecule has 3 rings (SSSR count). The van der Waals surface area contributed by atoms with Gasteiger partial charge in [-0.2, -0.15) is 0 Å². The summed E-state index contributed by atoms with van der Waals surface area (Å²) >= 11 is 1.59. The Morgan fingerprint density at radius 2 is 2.00 bits per heavy atom. The van der Waals surface area contributed by atoms with Gasteiger partial charge in [-0.3, -0.25) is 19.0 Å². The van der Waals surface area contributed by atoms with Crippen LogP contribution in [0.5, 0.6) is 0 Å². The highest BCUT2D eigenvalue weighted by molar-refractivity contribution is 7.18. The Morgan fingerprint density at radius 1 is 1.21 bits per heavy atom. The molecule has 8 nitrogen and oxygen atoms in total. The summed E-state index contributed by atoms with van der Waals surface area (Å²) in [4.78, 5) is 43.1. The molecule has 0 radical (unpaired) electrons. The molecule has 1 aliphatic carbocycles. The lowest BCUT2D eigenvalue weighted by molar-refractivity contribution is -0.122. The van der Waals surface area contributed by atoms with E-state index in [0.29, 0.717) is 18.5 Å². The minimum absolute atomic E-state index is 0.0954. The second-order valence-corrected chi connectivity index (χ2v) is 7.95. The second-order valence-electron chi connectivity index (χ2n) is 6.86. The van der Waals surface area contributed by atoms with Gasteiger partial charge < -0.3 is 15.4 Å². The number of methoxy groups -OCH3 is 1. The van der Waals surface area contributed by atoms with Crippen LogP contribution in [0.2, 0.25) is 0 Å². The number of nitrogens with zero attached hydrogens (tertiary/aromatic N) is 2. The van der Waals surface area contributed by atoms with Gasteiger partial charge in [0.05, 0.1) is 11.7 Å². The molecule has 152 valence electrons. The molecule has 9 heteroatoms. The number of aromatic nitrogens is 2. The first-order valence-corrected chi connectivity index (χ1v) is 10.4. The average molecular weight is 407 g/mol. The molecule has 0 aromatic carbocycles. The molecule has 0 spiro atoms. The molecular weight excluding hydrogens is 380 g/mol. The van der Waals surface area contributed by atoms with Crippen LogP contribution in [0.15, 0.2) is 11.1 Å². The summed E-state index contributed by atoms with van der Waals surface area (Å²) in [5.74, 6) is -0.430. The van der Waals surface area contributed by atoms with Crippen molar-refractivity contribution in [2.75, 3.05) is 26.8 Å². The second kappa shape index (κ2) is 9.79. The zero-order chi connectivity index (χ0) is 19.9. The average Bonchev–Trinajstić information content (AvgIpc) is 3.07. The van der Waals surface area contributed by atoms with Crippen LogP contribution < -0.4 is 16.2 Å². The zero-order valence-corrected chi connectivity index (χ0v) is 16.9. The van der Waals surface area contributed by atoms with Crippen molar-refractivity contribution in [3.05, 3.63) is 27.1 Å². The number of nitrogens with one attached hydrogen (secondary N) is 2. The Balaban J connectivity index is 1.53. The molecule has 28 heavy (non-hydrogen) atoms. The van der Waals surface area contributed by atoms with Crippen molar-refractivity contribution < 1.29 is 14.3 Å². The highest BCUT2D eigenvalue weighted by Crippen LogP contribution is 2.33. The quantitative estimate of drug-likeness (QED) is 0.605. The first-order valence-electron chi connectivity index (χ1n) is 9.62. The van der Waals surface area contributed by atoms with Crippen molar-refractivity contribution in [2.24, 2.45) is 0 Å². The van der Waals surface area contributed by atoms with E-state index in [1.165, 1.54) is 15.8 Å². The Bertz CT molecular complexity index is 905. The van der Waals surface area contributed by atoms with Crippen LogP contribution in [0.4, 0.5) is 0 Å². The standard InChI is InChI=1S/C19H26N4O4S/c1-27-10-4-8-20-15(24)7-9-21-16(25)11-23-12-22-18-17(19(23)26)13-5-2-3-6-14(13)28-18/h12H,2-11H2,1H3,(H,20,24)(H,21,25). The van der Waals surface area contributed by atoms with Gasteiger partial charge in [0, 0.05) is 38.1 Å². The Morgan fingerprint density at radius 3 is 2.82 bits per heavy atom. The fourth-order valence-electron chi connectivity index (χ4n) is 3.35. The maximum atomic E-state index is 12.8. The van der Waals surface area contributed by atoms with Crippen molar-refractivity contribution in [3.8, 4) is 0 Å². The van der Waals surface area contributed by atoms with E-state index in [2.05, 4.69) is 15.6 Å². The SMILES string of the molecule is COCCCNC(=O)CCNC(=O)Cn1cnc2sc3c(c2c1=O)CCCC3. The molecule has 2 aromatic heterocycles. The van der Waals surface area contributed by atoms with Gasteiger partial charge in [-0.1, -0.05) is 0 Å². The number of carbonyl (C=O) groups is 2. The molecule has 2 amide bonds. The first-order chi connectivity index (χ1) is 13.6. The Hall–Kier alpha value is -2.26. The molecule has 0 bridgehead atoms. The third-order valence-electron chi connectivity index (χ3n) is 4.78. The van der Waals surface area contributed by atoms with Gasteiger partial charge >= 0.3 is 0 Å². The third-order valence-corrected chi connectivity index (χ3v) is 5.98. The Labute approximate surface area is 167 Å². The summed E-state index contributed by atoms with van der Waals surface area (Å²) in [6, 6.07) is 0. The number of carbonyl (C=O) groups excluding carboxylic acids is 2. The summed E-state index contributed by atoms with van der Waals surface area (Å²) < 4.78 is 6.27. The monoisotopic (exact) mass is 406 g/mol. The minimum atomic E-state index is -0.306. The fraction of sp³-hybridized carbons (Fsp3) is 0.579. The van der Waals surface area contributed by atoms with Gasteiger partial charge in [-0.05, 0) is 37.7 Å². The molecule has 2 heterocycles. The summed E-state index contributed by atoms with van der Waals surface area (Å²) in [5.41, 5.74) is 0.957. The van der Waals surface area contributed by atoms with E-state index < -0.39 is 0 Å². The smallest absolute Gasteiger partial charge is 0.262 e. The third kappa shape index (κ3) is 4.96. The van der Waals surface area contributed by atoms with Crippen LogP contribution in [0.3, 0.4) is 0 Å². The van der Waals surface area contributed by atoms with Crippen LogP contribution in [-0.4, -0.2) is 48.2 Å². The fourth-order valence-corrected chi connectivity index (χ4v) is 4.57. The summed E-state index contributed by atoms with van der Waals surface area (Å²) in [5, 5.41) is 6.12. The molecule has 1 aliphatic rings. The van der Waals surface area contributed by atoms with Gasteiger partial charge in [0.1, 0.15) is 11.4 Å². The predicted octanol–water partition coefficient (Wildman–Crippen LogP) is 0.996. The van der Waals surface area contributed by atoms with Crippen molar-refractivity contribution in [3.63, 3.8) is 0 Å². The van der Waals surface area contributed by atoms with Gasteiger partial charge in [0.25, 0.3) is 5.56 Å². The van der Waals surface area contributed by atoms with Gasteiger partial charge in [-0.25, -0.2) is 4.98 Å². The molecule has 0 fully saturated rings. The van der Waals surface area contributed by atoms with Gasteiger partial charge in [0.15, 0.2) is 0 Å². The number of amides is 2. The van der Waals surface area contributed by atoms with Crippen molar-refractivity contribution in [1.82, 2.24) is 20.2 Å². The van der Waals surface area contributed by atoms with Crippen LogP contribution in [0.25, 0.3) is 10.2 Å². The van der Waals surface area contributed by atoms with E-state index in [9.17, 15) is 14.4 Å². The topological polar surface area (TPSA) is 102 Å². The van der Waals surface area contributed by atoms with Crippen LogP contribution >= 0.6 is 11.3 Å². The number of fused-ring (bicyclic) bond motifs is 3. The highest BCUT2D eigenvalue weighted by Gasteiger charge is 2.20. The summed E-state index contributed by atoms with van der Waals surface area (Å²) in [6.07, 6.45) is 6.53. The van der Waals surface area contributed by atoms with Crippen LogP contribution in [0, 0.1) is 0 Å². The molecule has 0 atom stereocenters. The van der Waals surface area contributed by atoms with E-state index in [-0.39, 0.29) is 36.9 Å². The summed E-state index contributed by atoms with van der Waals surface area (Å²) in [6.45, 7) is 1.28. The molecule has 0 aliphatic heterocycles. The number of hydrogen-bond acceptors (Lipinski definition) is 6. The number of aryl methyl sites for hydroxylation is 2. The normalized spacial score (nSPS) is 13.3. The zero-order valence-electron chi connectivity index (χ0n) is 16.1. The van der Waals surface area contributed by atoms with Crippen LogP contribution in [-0.2, 0) is 33.7 Å². The molecule has 0 saturated heterocycles. The predicted molar refractivity (Wildman–Crippen MR) is 108 cm³/mol. The van der Waals surface area contributed by atoms with Gasteiger partial charge in [-0.15, -0.1) is 11.3 Å².